The zero-order valence-electron chi connectivity index (χ0n) is 16.6. The first-order valence-corrected chi connectivity index (χ1v) is 11.2. The third-order valence-electron chi connectivity index (χ3n) is 4.98. The van der Waals surface area contributed by atoms with Crippen molar-refractivity contribution in [1.82, 2.24) is 0 Å². The molecule has 6 nitrogen and oxygen atoms in total. The first-order chi connectivity index (χ1) is 14.3. The maximum absolute atomic E-state index is 12.8. The van der Waals surface area contributed by atoms with E-state index in [1.807, 2.05) is 54.6 Å². The molecular weight excluding hydrogens is 398 g/mol. The van der Waals surface area contributed by atoms with Gasteiger partial charge in [-0.05, 0) is 35.9 Å². The van der Waals surface area contributed by atoms with Gasteiger partial charge in [-0.1, -0.05) is 48.5 Å². The molecule has 0 unspecified atom stereocenters. The smallest absolute Gasteiger partial charge is 0.258 e. The Morgan fingerprint density at radius 1 is 0.900 bits per heavy atom. The van der Waals surface area contributed by atoms with Crippen molar-refractivity contribution in [1.29, 1.82) is 0 Å². The summed E-state index contributed by atoms with van der Waals surface area (Å²) < 4.78 is 24.7. The van der Waals surface area contributed by atoms with Crippen LogP contribution in [0.1, 0.15) is 11.1 Å². The summed E-state index contributed by atoms with van der Waals surface area (Å²) in [6, 6.07) is 24.2. The number of hydrogen-bond donors (Lipinski definition) is 2. The maximum Gasteiger partial charge on any atom is 0.258 e. The molecule has 0 fully saturated rings. The zero-order valence-corrected chi connectivity index (χ0v) is 17.4. The minimum absolute atomic E-state index is 0.170. The highest BCUT2D eigenvalue weighted by Crippen LogP contribution is 2.37. The number of para-hydroxylation sites is 1. The van der Waals surface area contributed by atoms with Crippen molar-refractivity contribution < 1.29 is 13.2 Å². The Hall–Kier alpha value is -3.58. The molecule has 7 heteroatoms. The second kappa shape index (κ2) is 7.68. The zero-order chi connectivity index (χ0) is 21.3. The van der Waals surface area contributed by atoms with Crippen LogP contribution in [0.2, 0.25) is 0 Å². The molecule has 0 saturated heterocycles. The van der Waals surface area contributed by atoms with Crippen LogP contribution in [0.4, 0.5) is 17.1 Å². The lowest BCUT2D eigenvalue weighted by atomic mass is 10.00. The molecule has 0 atom stereocenters. The minimum Gasteiger partial charge on any atom is -0.354 e. The van der Waals surface area contributed by atoms with E-state index in [-0.39, 0.29) is 5.91 Å². The molecule has 3 aromatic rings. The highest BCUT2D eigenvalue weighted by atomic mass is 32.2. The van der Waals surface area contributed by atoms with Crippen LogP contribution in [0, 0.1) is 0 Å². The molecule has 30 heavy (non-hydrogen) atoms. The molecule has 0 aliphatic carbocycles. The van der Waals surface area contributed by atoms with E-state index in [9.17, 15) is 13.2 Å². The molecule has 0 radical (unpaired) electrons. The lowest BCUT2D eigenvalue weighted by Crippen LogP contribution is -2.24. The molecule has 1 aliphatic heterocycles. The van der Waals surface area contributed by atoms with Crippen LogP contribution < -0.4 is 14.9 Å². The molecule has 1 amide bonds. The quantitative estimate of drug-likeness (QED) is 0.613. The number of hydrogen-bond acceptors (Lipinski definition) is 4. The Morgan fingerprint density at radius 3 is 2.20 bits per heavy atom. The maximum atomic E-state index is 12.8. The number of rotatable bonds is 5. The Bertz CT molecular complexity index is 1230. The number of fused-ring (bicyclic) bond motifs is 1. The average molecular weight is 420 g/mol. The fraction of sp³-hybridized carbons (Fsp3) is 0.0870. The number of carbonyl (C=O) groups is 1. The number of anilines is 3. The minimum atomic E-state index is -3.34. The average Bonchev–Trinajstić information content (AvgIpc) is 3.07. The summed E-state index contributed by atoms with van der Waals surface area (Å²) in [6.45, 7) is 0. The van der Waals surface area contributed by atoms with Gasteiger partial charge >= 0.3 is 0 Å². The summed E-state index contributed by atoms with van der Waals surface area (Å²) in [6.07, 6.45) is 1.16. The standard InChI is InChI=1S/C23H21N3O3S/c1-26(30(2,28)29)18-14-12-17(13-15-18)24-22(16-8-4-3-5-9-16)21-19-10-6-7-11-20(19)25-23(21)27/h3-15,24H,1-2H3,(H,25,27)/b22-21-. The van der Waals surface area contributed by atoms with Crippen molar-refractivity contribution in [3.05, 3.63) is 90.0 Å². The first-order valence-electron chi connectivity index (χ1n) is 9.36. The van der Waals surface area contributed by atoms with E-state index < -0.39 is 10.0 Å². The molecule has 0 aromatic heterocycles. The van der Waals surface area contributed by atoms with Gasteiger partial charge in [0.25, 0.3) is 5.91 Å². The lowest BCUT2D eigenvalue weighted by Gasteiger charge is -2.18. The van der Waals surface area contributed by atoms with Crippen molar-refractivity contribution in [3.8, 4) is 0 Å². The summed E-state index contributed by atoms with van der Waals surface area (Å²) in [5.41, 5.74) is 5.03. The predicted octanol–water partition coefficient (Wildman–Crippen LogP) is 4.01. The van der Waals surface area contributed by atoms with Crippen molar-refractivity contribution >= 4 is 44.3 Å². The fourth-order valence-corrected chi connectivity index (χ4v) is 3.84. The van der Waals surface area contributed by atoms with E-state index in [0.29, 0.717) is 17.0 Å². The Labute approximate surface area is 175 Å². The third kappa shape index (κ3) is 3.79. The highest BCUT2D eigenvalue weighted by molar-refractivity contribution is 7.92. The number of nitrogens with one attached hydrogen (secondary N) is 2. The third-order valence-corrected chi connectivity index (χ3v) is 6.19. The second-order valence-corrected chi connectivity index (χ2v) is 9.03. The lowest BCUT2D eigenvalue weighted by molar-refractivity contribution is -0.110. The number of nitrogens with zero attached hydrogens (tertiary/aromatic N) is 1. The number of amides is 1. The molecule has 0 saturated carbocycles. The van der Waals surface area contributed by atoms with Gasteiger partial charge in [-0.15, -0.1) is 0 Å². The Balaban J connectivity index is 1.78. The van der Waals surface area contributed by atoms with E-state index in [2.05, 4.69) is 10.6 Å². The van der Waals surface area contributed by atoms with E-state index in [0.717, 1.165) is 28.8 Å². The van der Waals surface area contributed by atoms with E-state index in [4.69, 9.17) is 0 Å². The summed E-state index contributed by atoms with van der Waals surface area (Å²) in [5.74, 6) is -0.170. The fourth-order valence-electron chi connectivity index (χ4n) is 3.34. The highest BCUT2D eigenvalue weighted by Gasteiger charge is 2.28. The van der Waals surface area contributed by atoms with Crippen LogP contribution in [0.15, 0.2) is 78.9 Å². The summed E-state index contributed by atoms with van der Waals surface area (Å²) in [7, 11) is -1.83. The van der Waals surface area contributed by atoms with Crippen molar-refractivity contribution in [2.75, 3.05) is 28.2 Å². The van der Waals surface area contributed by atoms with Crippen LogP contribution in [0.3, 0.4) is 0 Å². The number of sulfonamides is 1. The van der Waals surface area contributed by atoms with Crippen LogP contribution in [-0.2, 0) is 14.8 Å². The van der Waals surface area contributed by atoms with E-state index in [1.165, 1.54) is 11.4 Å². The Kier molecular flexibility index (Phi) is 5.05. The van der Waals surface area contributed by atoms with Gasteiger partial charge in [0, 0.05) is 24.0 Å². The molecule has 3 aromatic carbocycles. The van der Waals surface area contributed by atoms with Crippen LogP contribution in [0.25, 0.3) is 11.3 Å². The van der Waals surface area contributed by atoms with Gasteiger partial charge in [-0.3, -0.25) is 9.10 Å². The van der Waals surface area contributed by atoms with Crippen LogP contribution >= 0.6 is 0 Å². The predicted molar refractivity (Wildman–Crippen MR) is 122 cm³/mol. The molecule has 1 heterocycles. The van der Waals surface area contributed by atoms with Crippen molar-refractivity contribution in [2.24, 2.45) is 0 Å². The number of benzene rings is 3. The molecular formula is C23H21N3O3S. The topological polar surface area (TPSA) is 78.5 Å². The molecule has 0 bridgehead atoms. The Morgan fingerprint density at radius 2 is 1.53 bits per heavy atom. The summed E-state index contributed by atoms with van der Waals surface area (Å²) in [4.78, 5) is 12.8. The molecule has 0 spiro atoms. The molecule has 1 aliphatic rings. The van der Waals surface area contributed by atoms with Crippen molar-refractivity contribution in [3.63, 3.8) is 0 Å². The van der Waals surface area contributed by atoms with Crippen molar-refractivity contribution in [2.45, 2.75) is 0 Å². The van der Waals surface area contributed by atoms with Gasteiger partial charge in [-0.25, -0.2) is 8.42 Å². The summed E-state index contributed by atoms with van der Waals surface area (Å²) in [5, 5.41) is 6.28. The summed E-state index contributed by atoms with van der Waals surface area (Å²) >= 11 is 0. The molecule has 4 rings (SSSR count). The van der Waals surface area contributed by atoms with Gasteiger partial charge in [0.15, 0.2) is 0 Å². The van der Waals surface area contributed by atoms with E-state index >= 15 is 0 Å². The van der Waals surface area contributed by atoms with E-state index in [1.54, 1.807) is 24.3 Å². The molecule has 152 valence electrons. The van der Waals surface area contributed by atoms with Gasteiger partial charge in [0.1, 0.15) is 0 Å². The van der Waals surface area contributed by atoms with Gasteiger partial charge < -0.3 is 10.6 Å². The van der Waals surface area contributed by atoms with Crippen LogP contribution in [0.5, 0.6) is 0 Å². The number of carbonyl (C=O) groups excluding carboxylic acids is 1. The second-order valence-electron chi connectivity index (χ2n) is 7.02. The first kappa shape index (κ1) is 19.7. The normalized spacial score (nSPS) is 14.7. The largest absolute Gasteiger partial charge is 0.354 e. The van der Waals surface area contributed by atoms with Gasteiger partial charge in [0.2, 0.25) is 10.0 Å². The monoisotopic (exact) mass is 419 g/mol. The molecule has 2 N–H and O–H groups in total. The van der Waals surface area contributed by atoms with Gasteiger partial charge in [0.05, 0.1) is 23.2 Å². The SMILES string of the molecule is CN(c1ccc(N/C(=C2\C(=O)Nc3ccccc32)c2ccccc2)cc1)S(C)(=O)=O. The van der Waals surface area contributed by atoms with Gasteiger partial charge in [-0.2, -0.15) is 0 Å². The van der Waals surface area contributed by atoms with Crippen LogP contribution in [-0.4, -0.2) is 27.6 Å².